The van der Waals surface area contributed by atoms with Gasteiger partial charge in [-0.25, -0.2) is 4.39 Å². The van der Waals surface area contributed by atoms with Crippen LogP contribution in [0.4, 0.5) is 10.1 Å². The van der Waals surface area contributed by atoms with Gasteiger partial charge in [0.05, 0.1) is 0 Å². The van der Waals surface area contributed by atoms with Crippen molar-refractivity contribution in [3.05, 3.63) is 30.1 Å². The molecule has 0 aromatic heterocycles. The van der Waals surface area contributed by atoms with Crippen LogP contribution >= 0.6 is 0 Å². The maximum absolute atomic E-state index is 12.7. The van der Waals surface area contributed by atoms with Gasteiger partial charge >= 0.3 is 0 Å². The van der Waals surface area contributed by atoms with Gasteiger partial charge < -0.3 is 16.3 Å². The molecule has 0 saturated heterocycles. The van der Waals surface area contributed by atoms with E-state index in [-0.39, 0.29) is 11.7 Å². The van der Waals surface area contributed by atoms with Gasteiger partial charge in [0.1, 0.15) is 11.7 Å². The molecule has 5 heteroatoms. The Bertz CT molecular complexity index is 328. The molecular formula is C9H12FN3O. The second-order valence-corrected chi connectivity index (χ2v) is 2.78. The minimum Gasteiger partial charge on any atom is -0.409 e. The number of anilines is 1. The van der Waals surface area contributed by atoms with Gasteiger partial charge in [-0.1, -0.05) is 11.2 Å². The van der Waals surface area contributed by atoms with E-state index in [0.29, 0.717) is 18.7 Å². The molecule has 4 nitrogen and oxygen atoms in total. The monoisotopic (exact) mass is 197 g/mol. The predicted molar refractivity (Wildman–Crippen MR) is 52.9 cm³/mol. The lowest BCUT2D eigenvalue weighted by molar-refractivity contribution is 0.317. The van der Waals surface area contributed by atoms with E-state index < -0.39 is 0 Å². The Morgan fingerprint density at radius 2 is 2.36 bits per heavy atom. The fourth-order valence-electron chi connectivity index (χ4n) is 0.983. The van der Waals surface area contributed by atoms with Crippen LogP contribution < -0.4 is 11.1 Å². The normalized spacial score (nSPS) is 11.4. The van der Waals surface area contributed by atoms with Crippen molar-refractivity contribution in [1.82, 2.24) is 0 Å². The Morgan fingerprint density at radius 1 is 1.57 bits per heavy atom. The molecular weight excluding hydrogens is 185 g/mol. The van der Waals surface area contributed by atoms with Gasteiger partial charge in [0.25, 0.3) is 0 Å². The van der Waals surface area contributed by atoms with Crippen LogP contribution in [0.3, 0.4) is 0 Å². The van der Waals surface area contributed by atoms with E-state index >= 15 is 0 Å². The zero-order valence-corrected chi connectivity index (χ0v) is 7.57. The van der Waals surface area contributed by atoms with Gasteiger partial charge in [-0.2, -0.15) is 0 Å². The van der Waals surface area contributed by atoms with Crippen molar-refractivity contribution in [3.63, 3.8) is 0 Å². The molecule has 0 heterocycles. The highest BCUT2D eigenvalue weighted by Gasteiger charge is 1.95. The summed E-state index contributed by atoms with van der Waals surface area (Å²) in [4.78, 5) is 0. The van der Waals surface area contributed by atoms with Crippen molar-refractivity contribution in [2.45, 2.75) is 6.42 Å². The van der Waals surface area contributed by atoms with Crippen LogP contribution in [0.25, 0.3) is 0 Å². The van der Waals surface area contributed by atoms with E-state index in [1.807, 2.05) is 0 Å². The summed E-state index contributed by atoms with van der Waals surface area (Å²) in [6.45, 7) is 0.499. The first-order chi connectivity index (χ1) is 6.72. The Labute approximate surface area is 81.2 Å². The van der Waals surface area contributed by atoms with E-state index in [4.69, 9.17) is 10.9 Å². The zero-order valence-electron chi connectivity index (χ0n) is 7.57. The molecule has 0 aliphatic carbocycles. The fraction of sp³-hybridized carbons (Fsp3) is 0.222. The Balaban J connectivity index is 2.39. The summed E-state index contributed by atoms with van der Waals surface area (Å²) in [6, 6.07) is 6.11. The lowest BCUT2D eigenvalue weighted by Gasteiger charge is -2.04. The number of amidine groups is 1. The van der Waals surface area contributed by atoms with Gasteiger partial charge in [0, 0.05) is 18.7 Å². The average molecular weight is 197 g/mol. The first-order valence-corrected chi connectivity index (χ1v) is 4.18. The molecule has 0 amide bonds. The molecule has 0 atom stereocenters. The second kappa shape index (κ2) is 5.06. The predicted octanol–water partition coefficient (Wildman–Crippen LogP) is 1.37. The number of nitrogens with zero attached hydrogens (tertiary/aromatic N) is 1. The van der Waals surface area contributed by atoms with E-state index in [9.17, 15) is 4.39 Å². The molecule has 0 unspecified atom stereocenters. The van der Waals surface area contributed by atoms with Gasteiger partial charge in [-0.05, 0) is 18.2 Å². The number of oxime groups is 1. The standard InChI is InChI=1S/C9H12FN3O/c10-7-2-1-3-8(6-7)12-5-4-9(11)13-14/h1-3,6,12,14H,4-5H2,(H2,11,13). The summed E-state index contributed by atoms with van der Waals surface area (Å²) in [7, 11) is 0. The first-order valence-electron chi connectivity index (χ1n) is 4.18. The number of rotatable bonds is 4. The second-order valence-electron chi connectivity index (χ2n) is 2.78. The third-order valence-corrected chi connectivity index (χ3v) is 1.66. The lowest BCUT2D eigenvalue weighted by Crippen LogP contribution is -2.16. The van der Waals surface area contributed by atoms with Crippen molar-refractivity contribution in [2.75, 3.05) is 11.9 Å². The maximum atomic E-state index is 12.7. The highest BCUT2D eigenvalue weighted by atomic mass is 19.1. The minimum atomic E-state index is -0.293. The largest absolute Gasteiger partial charge is 0.409 e. The Kier molecular flexibility index (Phi) is 3.72. The quantitative estimate of drug-likeness (QED) is 0.295. The van der Waals surface area contributed by atoms with Crippen LogP contribution in [-0.4, -0.2) is 17.6 Å². The lowest BCUT2D eigenvalue weighted by atomic mass is 10.3. The van der Waals surface area contributed by atoms with Crippen molar-refractivity contribution >= 4 is 11.5 Å². The topological polar surface area (TPSA) is 70.6 Å². The van der Waals surface area contributed by atoms with Crippen LogP contribution in [0.15, 0.2) is 29.4 Å². The van der Waals surface area contributed by atoms with Crippen molar-refractivity contribution in [3.8, 4) is 0 Å². The van der Waals surface area contributed by atoms with Gasteiger partial charge in [-0.3, -0.25) is 0 Å². The molecule has 1 rings (SSSR count). The molecule has 0 aliphatic heterocycles. The number of hydrogen-bond donors (Lipinski definition) is 3. The van der Waals surface area contributed by atoms with Gasteiger partial charge in [-0.15, -0.1) is 0 Å². The Hall–Kier alpha value is -1.78. The van der Waals surface area contributed by atoms with Crippen LogP contribution in [0.5, 0.6) is 0 Å². The molecule has 1 aromatic rings. The van der Waals surface area contributed by atoms with Crippen molar-refractivity contribution in [2.24, 2.45) is 10.9 Å². The molecule has 14 heavy (non-hydrogen) atoms. The van der Waals surface area contributed by atoms with Crippen molar-refractivity contribution in [1.29, 1.82) is 0 Å². The number of benzene rings is 1. The first kappa shape index (κ1) is 10.3. The number of nitrogens with one attached hydrogen (secondary N) is 1. The Morgan fingerprint density at radius 3 is 3.00 bits per heavy atom. The molecule has 4 N–H and O–H groups in total. The third kappa shape index (κ3) is 3.30. The summed E-state index contributed by atoms with van der Waals surface area (Å²) < 4.78 is 12.7. The van der Waals surface area contributed by atoms with E-state index in [0.717, 1.165) is 0 Å². The molecule has 0 bridgehead atoms. The van der Waals surface area contributed by atoms with E-state index in [1.165, 1.54) is 12.1 Å². The molecule has 0 fully saturated rings. The SMILES string of the molecule is NC(CCNc1cccc(F)c1)=NO. The third-order valence-electron chi connectivity index (χ3n) is 1.66. The average Bonchev–Trinajstić information content (AvgIpc) is 2.17. The summed E-state index contributed by atoms with van der Waals surface area (Å²) in [6.07, 6.45) is 0.410. The highest BCUT2D eigenvalue weighted by Crippen LogP contribution is 2.08. The molecule has 0 saturated carbocycles. The number of hydrogen-bond acceptors (Lipinski definition) is 3. The number of halogens is 1. The molecule has 1 aromatic carbocycles. The summed E-state index contributed by atoms with van der Waals surface area (Å²) in [5, 5.41) is 14.0. The van der Waals surface area contributed by atoms with Crippen LogP contribution in [0.1, 0.15) is 6.42 Å². The van der Waals surface area contributed by atoms with Crippen molar-refractivity contribution < 1.29 is 9.60 Å². The number of nitrogens with two attached hydrogens (primary N) is 1. The fourth-order valence-corrected chi connectivity index (χ4v) is 0.983. The summed E-state index contributed by atoms with van der Waals surface area (Å²) in [5.41, 5.74) is 5.93. The van der Waals surface area contributed by atoms with Crippen LogP contribution in [-0.2, 0) is 0 Å². The van der Waals surface area contributed by atoms with E-state index in [2.05, 4.69) is 10.5 Å². The summed E-state index contributed by atoms with van der Waals surface area (Å²) >= 11 is 0. The smallest absolute Gasteiger partial charge is 0.140 e. The minimum absolute atomic E-state index is 0.147. The van der Waals surface area contributed by atoms with Crippen LogP contribution in [0, 0.1) is 5.82 Å². The molecule has 0 aliphatic rings. The highest BCUT2D eigenvalue weighted by molar-refractivity contribution is 5.80. The molecule has 76 valence electrons. The van der Waals surface area contributed by atoms with E-state index in [1.54, 1.807) is 12.1 Å². The summed E-state index contributed by atoms with van der Waals surface area (Å²) in [5.74, 6) is -0.146. The molecule has 0 spiro atoms. The van der Waals surface area contributed by atoms with Crippen LogP contribution in [0.2, 0.25) is 0 Å². The maximum Gasteiger partial charge on any atom is 0.140 e. The van der Waals surface area contributed by atoms with Gasteiger partial charge in [0.15, 0.2) is 0 Å². The molecule has 0 radical (unpaired) electrons. The zero-order chi connectivity index (χ0) is 10.4. The van der Waals surface area contributed by atoms with Gasteiger partial charge in [0.2, 0.25) is 0 Å².